The number of benzene rings is 1. The van der Waals surface area contributed by atoms with Gasteiger partial charge in [-0.15, -0.1) is 11.6 Å². The van der Waals surface area contributed by atoms with Gasteiger partial charge in [0.25, 0.3) is 0 Å². The highest BCUT2D eigenvalue weighted by molar-refractivity contribution is 6.37. The molecule has 0 radical (unpaired) electrons. The average molecular weight is 282 g/mol. The number of hydrogen-bond acceptors (Lipinski definition) is 2. The molecule has 0 aliphatic carbocycles. The fourth-order valence-corrected chi connectivity index (χ4v) is 2.35. The van der Waals surface area contributed by atoms with Crippen LogP contribution in [0.25, 0.3) is 0 Å². The third kappa shape index (κ3) is 3.55. The van der Waals surface area contributed by atoms with E-state index in [1.54, 1.807) is 19.1 Å². The summed E-state index contributed by atoms with van der Waals surface area (Å²) in [6.45, 7) is 2.12. The van der Waals surface area contributed by atoms with Gasteiger partial charge in [0.05, 0.1) is 18.9 Å². The van der Waals surface area contributed by atoms with Crippen LogP contribution in [0.15, 0.2) is 12.1 Å². The average Bonchev–Trinajstić information content (AvgIpc) is 2.17. The molecule has 0 saturated carbocycles. The second kappa shape index (κ2) is 6.33. The van der Waals surface area contributed by atoms with Crippen LogP contribution in [-0.4, -0.2) is 12.6 Å². The molecule has 2 nitrogen and oxygen atoms in total. The summed E-state index contributed by atoms with van der Waals surface area (Å²) < 4.78 is 4.83. The van der Waals surface area contributed by atoms with E-state index in [4.69, 9.17) is 39.5 Å². The van der Waals surface area contributed by atoms with E-state index in [0.717, 1.165) is 5.56 Å². The Bertz CT molecular complexity index is 368. The van der Waals surface area contributed by atoms with Crippen molar-refractivity contribution < 1.29 is 9.53 Å². The smallest absolute Gasteiger partial charge is 0.310 e. The first-order chi connectivity index (χ1) is 7.58. The van der Waals surface area contributed by atoms with Gasteiger partial charge in [0, 0.05) is 15.6 Å². The topological polar surface area (TPSA) is 26.3 Å². The third-order valence-corrected chi connectivity index (χ3v) is 2.93. The van der Waals surface area contributed by atoms with Gasteiger partial charge in [-0.1, -0.05) is 23.2 Å². The molecule has 0 aliphatic heterocycles. The lowest BCUT2D eigenvalue weighted by atomic mass is 10.1. The van der Waals surface area contributed by atoms with E-state index >= 15 is 0 Å². The van der Waals surface area contributed by atoms with Crippen molar-refractivity contribution in [3.8, 4) is 0 Å². The molecule has 0 heterocycles. The van der Waals surface area contributed by atoms with Crippen molar-refractivity contribution >= 4 is 40.8 Å². The molecule has 0 unspecified atom stereocenters. The molecule has 88 valence electrons. The lowest BCUT2D eigenvalue weighted by molar-refractivity contribution is -0.142. The maximum Gasteiger partial charge on any atom is 0.310 e. The van der Waals surface area contributed by atoms with E-state index < -0.39 is 0 Å². The second-order valence-electron chi connectivity index (χ2n) is 3.15. The van der Waals surface area contributed by atoms with Gasteiger partial charge in [0.2, 0.25) is 0 Å². The summed E-state index contributed by atoms with van der Waals surface area (Å²) in [5, 5.41) is 0.948. The van der Waals surface area contributed by atoms with Gasteiger partial charge in [-0.05, 0) is 24.6 Å². The number of hydrogen-bond donors (Lipinski definition) is 0. The monoisotopic (exact) mass is 280 g/mol. The molecule has 1 aromatic carbocycles. The number of esters is 1. The Kier molecular flexibility index (Phi) is 5.39. The molecule has 1 aromatic rings. The molecule has 0 saturated heterocycles. The van der Waals surface area contributed by atoms with Crippen LogP contribution < -0.4 is 0 Å². The first-order valence-corrected chi connectivity index (χ1v) is 6.06. The molecule has 0 bridgehead atoms. The number of halogens is 3. The minimum absolute atomic E-state index is 0.163. The molecule has 0 fully saturated rings. The summed E-state index contributed by atoms with van der Waals surface area (Å²) in [4.78, 5) is 11.3. The Morgan fingerprint density at radius 3 is 2.31 bits per heavy atom. The molecule has 0 aliphatic rings. The first kappa shape index (κ1) is 13.6. The summed E-state index contributed by atoms with van der Waals surface area (Å²) in [7, 11) is 0. The van der Waals surface area contributed by atoms with Crippen molar-refractivity contribution in [3.63, 3.8) is 0 Å². The lowest BCUT2D eigenvalue weighted by Gasteiger charge is -2.07. The van der Waals surface area contributed by atoms with Gasteiger partial charge < -0.3 is 4.74 Å². The Morgan fingerprint density at radius 1 is 1.31 bits per heavy atom. The van der Waals surface area contributed by atoms with Gasteiger partial charge in [-0.25, -0.2) is 0 Å². The number of rotatable bonds is 4. The van der Waals surface area contributed by atoms with Gasteiger partial charge >= 0.3 is 5.97 Å². The Morgan fingerprint density at radius 2 is 1.88 bits per heavy atom. The maximum atomic E-state index is 11.3. The SMILES string of the molecule is CCOC(=O)Cc1cc(Cl)c(CCl)c(Cl)c1. The highest BCUT2D eigenvalue weighted by Crippen LogP contribution is 2.28. The summed E-state index contributed by atoms with van der Waals surface area (Å²) in [5.41, 5.74) is 1.40. The summed E-state index contributed by atoms with van der Waals surface area (Å²) in [6.07, 6.45) is 0.163. The molecule has 0 aromatic heterocycles. The number of ether oxygens (including phenoxy) is 1. The Labute approximate surface area is 109 Å². The van der Waals surface area contributed by atoms with Crippen molar-refractivity contribution in [3.05, 3.63) is 33.3 Å². The molecule has 5 heteroatoms. The standard InChI is InChI=1S/C11H11Cl3O2/c1-2-16-11(15)5-7-3-9(13)8(6-12)10(14)4-7/h3-4H,2,5-6H2,1H3. The van der Waals surface area contributed by atoms with Gasteiger partial charge in [-0.3, -0.25) is 4.79 Å². The summed E-state index contributed by atoms with van der Waals surface area (Å²) in [5.74, 6) is -0.0505. The molecular weight excluding hydrogens is 270 g/mol. The molecule has 1 rings (SSSR count). The zero-order valence-electron chi connectivity index (χ0n) is 8.73. The number of carbonyl (C=O) groups excluding carboxylic acids is 1. The van der Waals surface area contributed by atoms with Crippen molar-refractivity contribution in [1.29, 1.82) is 0 Å². The number of alkyl halides is 1. The van der Waals surface area contributed by atoms with Crippen LogP contribution in [0.5, 0.6) is 0 Å². The Hall–Kier alpha value is -0.440. The molecule has 0 atom stereocenters. The van der Waals surface area contributed by atoms with Crippen LogP contribution in [-0.2, 0) is 21.8 Å². The van der Waals surface area contributed by atoms with Crippen LogP contribution in [0.1, 0.15) is 18.1 Å². The second-order valence-corrected chi connectivity index (χ2v) is 4.24. The van der Waals surface area contributed by atoms with E-state index in [9.17, 15) is 4.79 Å². The molecular formula is C11H11Cl3O2. The fraction of sp³-hybridized carbons (Fsp3) is 0.364. The molecule has 0 amide bonds. The van der Waals surface area contributed by atoms with Crippen molar-refractivity contribution in [2.45, 2.75) is 19.2 Å². The van der Waals surface area contributed by atoms with Gasteiger partial charge in [0.1, 0.15) is 0 Å². The van der Waals surface area contributed by atoms with Crippen LogP contribution >= 0.6 is 34.8 Å². The van der Waals surface area contributed by atoms with Gasteiger partial charge in [0.15, 0.2) is 0 Å². The van der Waals surface area contributed by atoms with Crippen molar-refractivity contribution in [1.82, 2.24) is 0 Å². The minimum atomic E-state index is -0.298. The number of carbonyl (C=O) groups is 1. The lowest BCUT2D eigenvalue weighted by Crippen LogP contribution is -2.07. The third-order valence-electron chi connectivity index (χ3n) is 1.99. The molecule has 0 N–H and O–H groups in total. The van der Waals surface area contributed by atoms with E-state index in [1.807, 2.05) is 0 Å². The Balaban J connectivity index is 2.87. The predicted molar refractivity (Wildman–Crippen MR) is 66.4 cm³/mol. The van der Waals surface area contributed by atoms with E-state index in [0.29, 0.717) is 22.2 Å². The normalized spacial score (nSPS) is 10.2. The zero-order valence-corrected chi connectivity index (χ0v) is 11.0. The minimum Gasteiger partial charge on any atom is -0.466 e. The van der Waals surface area contributed by atoms with Crippen LogP contribution in [0.2, 0.25) is 10.0 Å². The maximum absolute atomic E-state index is 11.3. The van der Waals surface area contributed by atoms with Crippen LogP contribution in [0.3, 0.4) is 0 Å². The zero-order chi connectivity index (χ0) is 12.1. The van der Waals surface area contributed by atoms with E-state index in [2.05, 4.69) is 0 Å². The highest BCUT2D eigenvalue weighted by atomic mass is 35.5. The highest BCUT2D eigenvalue weighted by Gasteiger charge is 2.10. The quantitative estimate of drug-likeness (QED) is 0.619. The largest absolute Gasteiger partial charge is 0.466 e. The summed E-state index contributed by atoms with van der Waals surface area (Å²) >= 11 is 17.6. The molecule has 0 spiro atoms. The van der Waals surface area contributed by atoms with Gasteiger partial charge in [-0.2, -0.15) is 0 Å². The van der Waals surface area contributed by atoms with E-state index in [-0.39, 0.29) is 18.3 Å². The van der Waals surface area contributed by atoms with Crippen LogP contribution in [0.4, 0.5) is 0 Å². The van der Waals surface area contributed by atoms with E-state index in [1.165, 1.54) is 0 Å². The van der Waals surface area contributed by atoms with Crippen molar-refractivity contribution in [2.24, 2.45) is 0 Å². The van der Waals surface area contributed by atoms with Crippen LogP contribution in [0, 0.1) is 0 Å². The first-order valence-electron chi connectivity index (χ1n) is 4.76. The predicted octanol–water partition coefficient (Wildman–Crippen LogP) is 3.84. The summed E-state index contributed by atoms with van der Waals surface area (Å²) in [6, 6.07) is 3.37. The molecule has 16 heavy (non-hydrogen) atoms. The van der Waals surface area contributed by atoms with Crippen molar-refractivity contribution in [2.75, 3.05) is 6.61 Å². The fourth-order valence-electron chi connectivity index (χ4n) is 1.26.